The van der Waals surface area contributed by atoms with Crippen molar-refractivity contribution in [3.8, 4) is 0 Å². The van der Waals surface area contributed by atoms with E-state index in [2.05, 4.69) is 17.3 Å². The minimum atomic E-state index is 0.792. The van der Waals surface area contributed by atoms with Gasteiger partial charge in [0.1, 0.15) is 0 Å². The lowest BCUT2D eigenvalue weighted by Crippen LogP contribution is -2.13. The highest BCUT2D eigenvalue weighted by atomic mass is 15.6. The molecule has 1 heterocycles. The average molecular weight is 186 g/mol. The van der Waals surface area contributed by atoms with Gasteiger partial charge in [-0.1, -0.05) is 29.5 Å². The van der Waals surface area contributed by atoms with Gasteiger partial charge in [0.25, 0.3) is 0 Å². The van der Waals surface area contributed by atoms with Gasteiger partial charge in [0.2, 0.25) is 0 Å². The van der Waals surface area contributed by atoms with Crippen LogP contribution in [-0.4, -0.2) is 13.1 Å². The van der Waals surface area contributed by atoms with Gasteiger partial charge in [0.05, 0.1) is 18.8 Å². The predicted octanol–water partition coefficient (Wildman–Crippen LogP) is 2.72. The Kier molecular flexibility index (Phi) is 2.58. The molecule has 0 amide bonds. The minimum Gasteiger partial charge on any atom is -0.245 e. The first kappa shape index (κ1) is 8.94. The van der Waals surface area contributed by atoms with Crippen molar-refractivity contribution in [3.05, 3.63) is 42.8 Å². The van der Waals surface area contributed by atoms with Gasteiger partial charge in [-0.25, -0.2) is 5.01 Å². The van der Waals surface area contributed by atoms with Crippen molar-refractivity contribution in [1.29, 1.82) is 0 Å². The molecule has 3 nitrogen and oxygen atoms in total. The van der Waals surface area contributed by atoms with Crippen LogP contribution in [0.15, 0.2) is 40.7 Å². The summed E-state index contributed by atoms with van der Waals surface area (Å²) in [5.41, 5.74) is 2.24. The zero-order chi connectivity index (χ0) is 9.80. The summed E-state index contributed by atoms with van der Waals surface area (Å²) in [6.07, 6.45) is 3.75. The maximum atomic E-state index is 4.01. The Morgan fingerprint density at radius 3 is 2.64 bits per heavy atom. The maximum Gasteiger partial charge on any atom is 0.0817 e. The number of benzene rings is 1. The van der Waals surface area contributed by atoms with E-state index in [1.165, 1.54) is 0 Å². The van der Waals surface area contributed by atoms with Crippen LogP contribution in [0.3, 0.4) is 0 Å². The Balaban J connectivity index is 2.17. The monoisotopic (exact) mass is 186 g/mol. The molecule has 0 saturated carbocycles. The summed E-state index contributed by atoms with van der Waals surface area (Å²) in [4.78, 5) is 0. The number of rotatable bonds is 2. The van der Waals surface area contributed by atoms with E-state index in [4.69, 9.17) is 0 Å². The summed E-state index contributed by atoms with van der Waals surface area (Å²) in [7, 11) is 0. The van der Waals surface area contributed by atoms with E-state index < -0.39 is 0 Å². The molecular weight excluding hydrogens is 174 g/mol. The molecule has 0 bridgehead atoms. The van der Waals surface area contributed by atoms with Gasteiger partial charge in [-0.2, -0.15) is 5.11 Å². The summed E-state index contributed by atoms with van der Waals surface area (Å²) < 4.78 is 0. The molecule has 0 saturated heterocycles. The number of anilines is 1. The summed E-state index contributed by atoms with van der Waals surface area (Å²) in [6, 6.07) is 8.18. The van der Waals surface area contributed by atoms with Crippen molar-refractivity contribution in [3.63, 3.8) is 0 Å². The van der Waals surface area contributed by atoms with E-state index in [9.17, 15) is 0 Å². The highest BCUT2D eigenvalue weighted by Gasteiger charge is 2.08. The smallest absolute Gasteiger partial charge is 0.0817 e. The number of nitrogens with zero attached hydrogens (tertiary/aromatic N) is 3. The molecule has 0 N–H and O–H groups in total. The molecule has 1 aromatic carbocycles. The van der Waals surface area contributed by atoms with E-state index in [0.717, 1.165) is 24.3 Å². The second kappa shape index (κ2) is 4.05. The summed E-state index contributed by atoms with van der Waals surface area (Å²) in [6.45, 7) is 5.33. The van der Waals surface area contributed by atoms with Crippen molar-refractivity contribution < 1.29 is 0 Å². The van der Waals surface area contributed by atoms with Crippen molar-refractivity contribution in [2.24, 2.45) is 10.3 Å². The molecule has 1 aliphatic heterocycles. The Morgan fingerprint density at radius 2 is 2.07 bits per heavy atom. The summed E-state index contributed by atoms with van der Waals surface area (Å²) in [5.74, 6) is 0. The van der Waals surface area contributed by atoms with Crippen LogP contribution in [0, 0.1) is 6.92 Å². The Hall–Kier alpha value is -1.64. The SMILES string of the molecule is [CH2]/C=C/c1ccc(N2CCN=N2)cc1. The van der Waals surface area contributed by atoms with Crippen LogP contribution >= 0.6 is 0 Å². The van der Waals surface area contributed by atoms with Gasteiger partial charge in [-0.3, -0.25) is 0 Å². The van der Waals surface area contributed by atoms with Gasteiger partial charge >= 0.3 is 0 Å². The molecule has 0 spiro atoms. The molecule has 0 fully saturated rings. The predicted molar refractivity (Wildman–Crippen MR) is 57.9 cm³/mol. The fourth-order valence-corrected chi connectivity index (χ4v) is 1.38. The van der Waals surface area contributed by atoms with Crippen LogP contribution in [0.4, 0.5) is 5.69 Å². The highest BCUT2D eigenvalue weighted by molar-refractivity contribution is 5.55. The van der Waals surface area contributed by atoms with Crippen molar-refractivity contribution >= 4 is 11.8 Å². The van der Waals surface area contributed by atoms with Gasteiger partial charge in [0.15, 0.2) is 0 Å². The molecule has 0 aliphatic carbocycles. The molecule has 0 unspecified atom stereocenters. The normalized spacial score (nSPS) is 15.6. The molecular formula is C11H12N3. The first-order valence-electron chi connectivity index (χ1n) is 4.61. The average Bonchev–Trinajstić information content (AvgIpc) is 2.72. The van der Waals surface area contributed by atoms with E-state index in [0.29, 0.717) is 0 Å². The third-order valence-corrected chi connectivity index (χ3v) is 2.08. The molecule has 1 radical (unpaired) electrons. The van der Waals surface area contributed by atoms with Gasteiger partial charge in [-0.05, 0) is 24.6 Å². The molecule has 2 rings (SSSR count). The molecule has 1 aromatic rings. The zero-order valence-corrected chi connectivity index (χ0v) is 7.93. The molecule has 71 valence electrons. The third-order valence-electron chi connectivity index (χ3n) is 2.08. The van der Waals surface area contributed by atoms with E-state index >= 15 is 0 Å². The van der Waals surface area contributed by atoms with Crippen LogP contribution in [-0.2, 0) is 0 Å². The zero-order valence-electron chi connectivity index (χ0n) is 7.93. The third kappa shape index (κ3) is 1.82. The van der Waals surface area contributed by atoms with E-state index in [-0.39, 0.29) is 0 Å². The van der Waals surface area contributed by atoms with Gasteiger partial charge in [-0.15, -0.1) is 0 Å². The fourth-order valence-electron chi connectivity index (χ4n) is 1.38. The van der Waals surface area contributed by atoms with E-state index in [1.807, 2.05) is 35.4 Å². The van der Waals surface area contributed by atoms with Crippen LogP contribution in [0.5, 0.6) is 0 Å². The molecule has 0 aromatic heterocycles. The van der Waals surface area contributed by atoms with Crippen LogP contribution in [0.25, 0.3) is 6.08 Å². The first-order chi connectivity index (χ1) is 6.90. The lowest BCUT2D eigenvalue weighted by Gasteiger charge is -2.11. The molecule has 1 aliphatic rings. The number of hydrogen-bond donors (Lipinski definition) is 0. The number of allylic oxidation sites excluding steroid dienone is 1. The van der Waals surface area contributed by atoms with Gasteiger partial charge in [0, 0.05) is 0 Å². The van der Waals surface area contributed by atoms with Crippen LogP contribution < -0.4 is 5.01 Å². The maximum absolute atomic E-state index is 4.01. The molecule has 0 atom stereocenters. The van der Waals surface area contributed by atoms with Crippen molar-refractivity contribution in [2.45, 2.75) is 0 Å². The Labute approximate surface area is 83.7 Å². The van der Waals surface area contributed by atoms with Crippen LogP contribution in [0.1, 0.15) is 5.56 Å². The quantitative estimate of drug-likeness (QED) is 0.697. The van der Waals surface area contributed by atoms with Crippen LogP contribution in [0.2, 0.25) is 0 Å². The Bertz CT molecular complexity index is 351. The fraction of sp³-hybridized carbons (Fsp3) is 0.182. The largest absolute Gasteiger partial charge is 0.245 e. The summed E-state index contributed by atoms with van der Waals surface area (Å²) in [5, 5.41) is 9.84. The second-order valence-corrected chi connectivity index (χ2v) is 3.07. The lowest BCUT2D eigenvalue weighted by molar-refractivity contribution is 0.943. The number of hydrogen-bond acceptors (Lipinski definition) is 3. The topological polar surface area (TPSA) is 28.0 Å². The summed E-state index contributed by atoms with van der Waals surface area (Å²) >= 11 is 0. The second-order valence-electron chi connectivity index (χ2n) is 3.07. The Morgan fingerprint density at radius 1 is 1.29 bits per heavy atom. The standard InChI is InChI=1S/C11H12N3/c1-2-3-10-4-6-11(7-5-10)14-9-8-12-13-14/h2-7H,1,8-9H2/b3-2+. The molecule has 3 heteroatoms. The minimum absolute atomic E-state index is 0.792. The van der Waals surface area contributed by atoms with Crippen molar-refractivity contribution in [1.82, 2.24) is 0 Å². The van der Waals surface area contributed by atoms with E-state index in [1.54, 1.807) is 6.08 Å². The van der Waals surface area contributed by atoms with Crippen molar-refractivity contribution in [2.75, 3.05) is 18.1 Å². The van der Waals surface area contributed by atoms with Gasteiger partial charge < -0.3 is 0 Å². The first-order valence-corrected chi connectivity index (χ1v) is 4.61. The highest BCUT2D eigenvalue weighted by Crippen LogP contribution is 2.18. The lowest BCUT2D eigenvalue weighted by atomic mass is 10.2. The molecule has 14 heavy (non-hydrogen) atoms.